The third-order valence-electron chi connectivity index (χ3n) is 13.7. The van der Waals surface area contributed by atoms with Crippen LogP contribution in [0.1, 0.15) is 126 Å². The van der Waals surface area contributed by atoms with Crippen molar-refractivity contribution in [1.29, 1.82) is 0 Å². The zero-order valence-corrected chi connectivity index (χ0v) is 22.0. The van der Waals surface area contributed by atoms with Gasteiger partial charge in [-0.05, 0) is 114 Å². The molecule has 0 radical (unpaired) electrons. The summed E-state index contributed by atoms with van der Waals surface area (Å²) in [4.78, 5) is 12.7. The second-order valence-electron chi connectivity index (χ2n) is 15.3. The summed E-state index contributed by atoms with van der Waals surface area (Å²) in [6.07, 6.45) is 14.6. The Balaban J connectivity index is 1.55. The fourth-order valence-electron chi connectivity index (χ4n) is 11.2. The highest BCUT2D eigenvalue weighted by molar-refractivity contribution is 5.82. The molecule has 0 heterocycles. The zero-order chi connectivity index (χ0) is 22.7. The number of rotatable bonds is 0. The lowest BCUT2D eigenvalue weighted by molar-refractivity contribution is -0.256. The molecule has 5 aliphatic carbocycles. The SMILES string of the molecule is C[C@@H]1C(=O)CC[C@@H]2[C@]1(C)CC[C@H]1[C@]2(C)CC[C@]2(C)[C@H]3CC(C)(C)CC[C@]3(C)CC[C@@]12C. The largest absolute Gasteiger partial charge is 0.299 e. The third kappa shape index (κ3) is 2.70. The summed E-state index contributed by atoms with van der Waals surface area (Å²) >= 11 is 0. The molecule has 0 bridgehead atoms. The van der Waals surface area contributed by atoms with Gasteiger partial charge in [-0.1, -0.05) is 55.4 Å². The Hall–Kier alpha value is -0.330. The van der Waals surface area contributed by atoms with Gasteiger partial charge in [-0.25, -0.2) is 0 Å². The van der Waals surface area contributed by atoms with Gasteiger partial charge in [-0.15, -0.1) is 0 Å². The van der Waals surface area contributed by atoms with Crippen LogP contribution in [0, 0.1) is 56.2 Å². The summed E-state index contributed by atoms with van der Waals surface area (Å²) in [6.45, 7) is 20.7. The van der Waals surface area contributed by atoms with E-state index in [1.54, 1.807) is 0 Å². The summed E-state index contributed by atoms with van der Waals surface area (Å²) in [5.41, 5.74) is 2.67. The molecule has 0 N–H and O–H groups in total. The fraction of sp³-hybridized carbons (Fsp3) is 0.967. The van der Waals surface area contributed by atoms with Gasteiger partial charge in [-0.3, -0.25) is 4.79 Å². The van der Waals surface area contributed by atoms with Crippen molar-refractivity contribution in [2.24, 2.45) is 56.2 Å². The van der Waals surface area contributed by atoms with Crippen LogP contribution in [0.4, 0.5) is 0 Å². The first-order chi connectivity index (χ1) is 14.2. The Morgan fingerprint density at radius 1 is 0.645 bits per heavy atom. The maximum atomic E-state index is 12.7. The predicted molar refractivity (Wildman–Crippen MR) is 130 cm³/mol. The average Bonchev–Trinajstić information content (AvgIpc) is 2.69. The highest BCUT2D eigenvalue weighted by Gasteiger charge is 2.70. The minimum Gasteiger partial charge on any atom is -0.299 e. The van der Waals surface area contributed by atoms with Gasteiger partial charge < -0.3 is 0 Å². The van der Waals surface area contributed by atoms with Crippen LogP contribution >= 0.6 is 0 Å². The number of carbonyl (C=O) groups is 1. The highest BCUT2D eigenvalue weighted by atomic mass is 16.1. The molecule has 5 fully saturated rings. The van der Waals surface area contributed by atoms with Crippen molar-refractivity contribution in [2.45, 2.75) is 126 Å². The van der Waals surface area contributed by atoms with Gasteiger partial charge in [0.2, 0.25) is 0 Å². The number of hydrogen-bond donors (Lipinski definition) is 0. The van der Waals surface area contributed by atoms with E-state index < -0.39 is 0 Å². The fourth-order valence-corrected chi connectivity index (χ4v) is 11.2. The highest BCUT2D eigenvalue weighted by Crippen LogP contribution is 2.78. The van der Waals surface area contributed by atoms with Gasteiger partial charge in [0.25, 0.3) is 0 Å². The molecule has 176 valence electrons. The molecular formula is C30H50O. The molecule has 1 nitrogen and oxygen atoms in total. The van der Waals surface area contributed by atoms with Gasteiger partial charge in [-0.2, -0.15) is 0 Å². The van der Waals surface area contributed by atoms with Gasteiger partial charge in [0.15, 0.2) is 0 Å². The number of fused-ring (bicyclic) bond motifs is 7. The van der Waals surface area contributed by atoms with E-state index in [-0.39, 0.29) is 11.3 Å². The molecule has 5 aliphatic rings. The Labute approximate surface area is 192 Å². The van der Waals surface area contributed by atoms with Crippen LogP contribution in [0.25, 0.3) is 0 Å². The van der Waals surface area contributed by atoms with E-state index in [0.29, 0.717) is 32.9 Å². The van der Waals surface area contributed by atoms with Crippen LogP contribution in [-0.2, 0) is 4.79 Å². The summed E-state index contributed by atoms with van der Waals surface area (Å²) < 4.78 is 0. The van der Waals surface area contributed by atoms with Crippen molar-refractivity contribution in [3.05, 3.63) is 0 Å². The van der Waals surface area contributed by atoms with Crippen molar-refractivity contribution < 1.29 is 4.79 Å². The molecule has 0 spiro atoms. The molecule has 5 saturated carbocycles. The van der Waals surface area contributed by atoms with Crippen molar-refractivity contribution >= 4 is 5.78 Å². The van der Waals surface area contributed by atoms with Crippen LogP contribution in [0.3, 0.4) is 0 Å². The summed E-state index contributed by atoms with van der Waals surface area (Å²) in [6, 6.07) is 0. The van der Waals surface area contributed by atoms with Gasteiger partial charge >= 0.3 is 0 Å². The molecule has 0 aromatic carbocycles. The van der Waals surface area contributed by atoms with E-state index in [4.69, 9.17) is 0 Å². The maximum Gasteiger partial charge on any atom is 0.136 e. The number of ketones is 1. The van der Waals surface area contributed by atoms with Gasteiger partial charge in [0.1, 0.15) is 5.78 Å². The smallest absolute Gasteiger partial charge is 0.136 e. The molecule has 1 heteroatoms. The molecule has 5 rings (SSSR count). The second-order valence-corrected chi connectivity index (χ2v) is 15.3. The van der Waals surface area contributed by atoms with Crippen LogP contribution in [-0.4, -0.2) is 5.78 Å². The van der Waals surface area contributed by atoms with Crippen molar-refractivity contribution in [1.82, 2.24) is 0 Å². The molecule has 0 aliphatic heterocycles. The second kappa shape index (κ2) is 6.41. The molecular weight excluding hydrogens is 376 g/mol. The van der Waals surface area contributed by atoms with E-state index in [0.717, 1.165) is 30.6 Å². The van der Waals surface area contributed by atoms with E-state index in [1.165, 1.54) is 57.8 Å². The summed E-state index contributed by atoms with van der Waals surface area (Å²) in [5.74, 6) is 3.27. The molecule has 9 atom stereocenters. The van der Waals surface area contributed by atoms with Crippen molar-refractivity contribution in [2.75, 3.05) is 0 Å². The topological polar surface area (TPSA) is 17.1 Å². The number of Topliss-reactive ketones (excluding diaryl/α,β-unsaturated/α-hetero) is 1. The number of hydrogen-bond acceptors (Lipinski definition) is 1. The van der Waals surface area contributed by atoms with E-state index in [1.807, 2.05) is 0 Å². The minimum atomic E-state index is 0.237. The number of carbonyl (C=O) groups excluding carboxylic acids is 1. The first-order valence-corrected chi connectivity index (χ1v) is 13.7. The van der Waals surface area contributed by atoms with Crippen LogP contribution in [0.5, 0.6) is 0 Å². The zero-order valence-electron chi connectivity index (χ0n) is 22.0. The predicted octanol–water partition coefficient (Wildman–Crippen LogP) is 8.46. The van der Waals surface area contributed by atoms with Crippen molar-refractivity contribution in [3.63, 3.8) is 0 Å². The quantitative estimate of drug-likeness (QED) is 0.379. The molecule has 0 amide bonds. The third-order valence-corrected chi connectivity index (χ3v) is 13.7. The van der Waals surface area contributed by atoms with E-state index in [9.17, 15) is 4.79 Å². The monoisotopic (exact) mass is 426 g/mol. The van der Waals surface area contributed by atoms with Gasteiger partial charge in [0.05, 0.1) is 0 Å². The lowest BCUT2D eigenvalue weighted by Crippen LogP contribution is -2.67. The first kappa shape index (κ1) is 22.5. The van der Waals surface area contributed by atoms with E-state index >= 15 is 0 Å². The Morgan fingerprint density at radius 2 is 1.26 bits per heavy atom. The molecule has 0 saturated heterocycles. The first-order valence-electron chi connectivity index (χ1n) is 13.7. The maximum absolute atomic E-state index is 12.7. The van der Waals surface area contributed by atoms with Crippen molar-refractivity contribution in [3.8, 4) is 0 Å². The summed E-state index contributed by atoms with van der Waals surface area (Å²) in [7, 11) is 0. The Bertz CT molecular complexity index is 781. The summed E-state index contributed by atoms with van der Waals surface area (Å²) in [5, 5.41) is 0. The average molecular weight is 427 g/mol. The van der Waals surface area contributed by atoms with E-state index in [2.05, 4.69) is 55.4 Å². The Kier molecular flexibility index (Phi) is 4.65. The molecule has 0 unspecified atom stereocenters. The molecule has 31 heavy (non-hydrogen) atoms. The molecule has 0 aromatic rings. The lowest BCUT2D eigenvalue weighted by atomic mass is 9.30. The molecule has 0 aromatic heterocycles. The van der Waals surface area contributed by atoms with Crippen LogP contribution < -0.4 is 0 Å². The Morgan fingerprint density at radius 3 is 1.97 bits per heavy atom. The van der Waals surface area contributed by atoms with Crippen LogP contribution in [0.2, 0.25) is 0 Å². The van der Waals surface area contributed by atoms with Crippen LogP contribution in [0.15, 0.2) is 0 Å². The van der Waals surface area contributed by atoms with Gasteiger partial charge in [0, 0.05) is 12.3 Å². The standard InChI is InChI=1S/C30H50O/c1-20-21(31)9-10-22-27(20,5)12-11-23-28(22,6)16-18-30(8)24-19-25(2,3)13-14-26(24,4)15-17-29(23,30)7/h20,22-24H,9-19H2,1-8H3/t20-,22-,23+,24+,26-,27-,28-,29+,30-/m1/s1. The minimum absolute atomic E-state index is 0.237. The lowest BCUT2D eigenvalue weighted by Gasteiger charge is -2.74. The normalized spacial score (nSPS) is 58.5.